The van der Waals surface area contributed by atoms with Crippen molar-refractivity contribution in [1.29, 1.82) is 0 Å². The van der Waals surface area contributed by atoms with Crippen molar-refractivity contribution >= 4 is 39.4 Å². The van der Waals surface area contributed by atoms with Gasteiger partial charge in [0.15, 0.2) is 0 Å². The second-order valence-electron chi connectivity index (χ2n) is 3.24. The smallest absolute Gasteiger partial charge is 0.307 e. The Hall–Kier alpha value is -1.07. The standard InChI is InChI=1S/C11H11BrClNO3/c1-17-10(15)2-3-14-11(16)7-4-8(12)6-9(13)5-7/h4-6H,2-3H2,1H3,(H,14,16). The first-order valence-electron chi connectivity index (χ1n) is 4.84. The highest BCUT2D eigenvalue weighted by molar-refractivity contribution is 9.10. The van der Waals surface area contributed by atoms with Crippen molar-refractivity contribution in [2.24, 2.45) is 0 Å². The van der Waals surface area contributed by atoms with Gasteiger partial charge in [0.25, 0.3) is 5.91 Å². The largest absolute Gasteiger partial charge is 0.469 e. The number of hydrogen-bond donors (Lipinski definition) is 1. The third kappa shape index (κ3) is 4.75. The molecule has 1 aromatic carbocycles. The summed E-state index contributed by atoms with van der Waals surface area (Å²) < 4.78 is 5.18. The number of hydrogen-bond acceptors (Lipinski definition) is 3. The van der Waals surface area contributed by atoms with Gasteiger partial charge in [0.1, 0.15) is 0 Å². The number of rotatable bonds is 4. The van der Waals surface area contributed by atoms with E-state index in [0.29, 0.717) is 10.6 Å². The molecule has 0 radical (unpaired) electrons. The van der Waals surface area contributed by atoms with Crippen LogP contribution in [0, 0.1) is 0 Å². The maximum absolute atomic E-state index is 11.7. The number of amides is 1. The van der Waals surface area contributed by atoms with Crippen LogP contribution in [-0.4, -0.2) is 25.5 Å². The molecule has 0 unspecified atom stereocenters. The fraction of sp³-hybridized carbons (Fsp3) is 0.273. The second-order valence-corrected chi connectivity index (χ2v) is 4.59. The summed E-state index contributed by atoms with van der Waals surface area (Å²) in [4.78, 5) is 22.5. The monoisotopic (exact) mass is 319 g/mol. The predicted octanol–water partition coefficient (Wildman–Crippen LogP) is 2.40. The lowest BCUT2D eigenvalue weighted by Crippen LogP contribution is -2.26. The number of methoxy groups -OCH3 is 1. The Bertz CT molecular complexity index is 416. The van der Waals surface area contributed by atoms with Crippen LogP contribution in [0.1, 0.15) is 16.8 Å². The summed E-state index contributed by atoms with van der Waals surface area (Å²) in [6.45, 7) is 0.232. The summed E-state index contributed by atoms with van der Waals surface area (Å²) in [6, 6.07) is 4.89. The molecule has 1 rings (SSSR count). The van der Waals surface area contributed by atoms with E-state index in [1.807, 2.05) is 0 Å². The first kappa shape index (κ1) is 14.0. The van der Waals surface area contributed by atoms with Gasteiger partial charge in [-0.1, -0.05) is 27.5 Å². The van der Waals surface area contributed by atoms with Crippen LogP contribution in [0.4, 0.5) is 0 Å². The Balaban J connectivity index is 2.55. The maximum atomic E-state index is 11.7. The van der Waals surface area contributed by atoms with Crippen molar-refractivity contribution < 1.29 is 14.3 Å². The minimum atomic E-state index is -0.363. The van der Waals surface area contributed by atoms with Gasteiger partial charge in [-0.15, -0.1) is 0 Å². The number of carbonyl (C=O) groups excluding carboxylic acids is 2. The minimum absolute atomic E-state index is 0.143. The van der Waals surface area contributed by atoms with E-state index in [4.69, 9.17) is 11.6 Å². The summed E-state index contributed by atoms with van der Waals surface area (Å²) in [7, 11) is 1.30. The molecule has 0 saturated heterocycles. The van der Waals surface area contributed by atoms with Gasteiger partial charge in [0.05, 0.1) is 13.5 Å². The van der Waals surface area contributed by atoms with Crippen LogP contribution in [0.3, 0.4) is 0 Å². The zero-order valence-corrected chi connectivity index (χ0v) is 11.5. The number of carbonyl (C=O) groups is 2. The minimum Gasteiger partial charge on any atom is -0.469 e. The highest BCUT2D eigenvalue weighted by Gasteiger charge is 2.08. The third-order valence-corrected chi connectivity index (χ3v) is 2.64. The van der Waals surface area contributed by atoms with Gasteiger partial charge in [0.2, 0.25) is 0 Å². The van der Waals surface area contributed by atoms with Crippen LogP contribution in [0.5, 0.6) is 0 Å². The molecule has 0 spiro atoms. The van der Waals surface area contributed by atoms with Gasteiger partial charge >= 0.3 is 5.97 Å². The average Bonchev–Trinajstić information content (AvgIpc) is 2.27. The van der Waals surface area contributed by atoms with Gasteiger partial charge in [-0.25, -0.2) is 0 Å². The molecule has 0 fully saturated rings. The summed E-state index contributed by atoms with van der Waals surface area (Å²) in [5.41, 5.74) is 0.439. The second kappa shape index (κ2) is 6.61. The van der Waals surface area contributed by atoms with Crippen LogP contribution in [0.25, 0.3) is 0 Å². The highest BCUT2D eigenvalue weighted by atomic mass is 79.9. The molecule has 0 atom stereocenters. The maximum Gasteiger partial charge on any atom is 0.307 e. The van der Waals surface area contributed by atoms with E-state index in [1.165, 1.54) is 7.11 Å². The fourth-order valence-electron chi connectivity index (χ4n) is 1.17. The molecular formula is C11H11BrClNO3. The molecule has 17 heavy (non-hydrogen) atoms. The molecule has 6 heteroatoms. The van der Waals surface area contributed by atoms with E-state index < -0.39 is 0 Å². The van der Waals surface area contributed by atoms with E-state index >= 15 is 0 Å². The van der Waals surface area contributed by atoms with Crippen LogP contribution >= 0.6 is 27.5 Å². The van der Waals surface area contributed by atoms with Gasteiger partial charge in [-0.3, -0.25) is 9.59 Å². The summed E-state index contributed by atoms with van der Waals surface area (Å²) in [5.74, 6) is -0.644. The average molecular weight is 321 g/mol. The quantitative estimate of drug-likeness (QED) is 0.867. The topological polar surface area (TPSA) is 55.4 Å². The molecule has 92 valence electrons. The summed E-state index contributed by atoms with van der Waals surface area (Å²) in [6.07, 6.45) is 0.143. The number of ether oxygens (including phenoxy) is 1. The van der Waals surface area contributed by atoms with Crippen LogP contribution in [0.2, 0.25) is 5.02 Å². The normalized spacial score (nSPS) is 9.82. The number of benzene rings is 1. The van der Waals surface area contributed by atoms with Crippen molar-refractivity contribution in [3.63, 3.8) is 0 Å². The first-order chi connectivity index (χ1) is 8.02. The molecule has 1 aromatic rings. The van der Waals surface area contributed by atoms with Crippen molar-refractivity contribution in [3.05, 3.63) is 33.3 Å². The molecule has 0 aliphatic carbocycles. The fourth-order valence-corrected chi connectivity index (χ4v) is 2.03. The van der Waals surface area contributed by atoms with Crippen molar-refractivity contribution in [2.75, 3.05) is 13.7 Å². The highest BCUT2D eigenvalue weighted by Crippen LogP contribution is 2.19. The zero-order valence-electron chi connectivity index (χ0n) is 9.13. The van der Waals surface area contributed by atoms with Gasteiger partial charge in [-0.05, 0) is 18.2 Å². The Morgan fingerprint density at radius 1 is 1.41 bits per heavy atom. The summed E-state index contributed by atoms with van der Waals surface area (Å²) >= 11 is 9.06. The zero-order chi connectivity index (χ0) is 12.8. The molecule has 0 aromatic heterocycles. The van der Waals surface area contributed by atoms with Gasteiger partial charge < -0.3 is 10.1 Å². The Labute approximate surface area is 112 Å². The molecule has 0 aliphatic rings. The lowest BCUT2D eigenvalue weighted by molar-refractivity contribution is -0.140. The Morgan fingerprint density at radius 3 is 2.71 bits per heavy atom. The molecule has 1 N–H and O–H groups in total. The Kier molecular flexibility index (Phi) is 5.44. The molecule has 0 heterocycles. The van der Waals surface area contributed by atoms with E-state index in [1.54, 1.807) is 18.2 Å². The molecule has 1 amide bonds. The van der Waals surface area contributed by atoms with E-state index in [2.05, 4.69) is 26.0 Å². The van der Waals surface area contributed by atoms with Crippen LogP contribution in [-0.2, 0) is 9.53 Å². The van der Waals surface area contributed by atoms with Crippen molar-refractivity contribution in [2.45, 2.75) is 6.42 Å². The number of esters is 1. The predicted molar refractivity (Wildman–Crippen MR) is 68.1 cm³/mol. The van der Waals surface area contributed by atoms with Crippen LogP contribution < -0.4 is 5.32 Å². The first-order valence-corrected chi connectivity index (χ1v) is 6.01. The van der Waals surface area contributed by atoms with Crippen molar-refractivity contribution in [1.82, 2.24) is 5.32 Å². The van der Waals surface area contributed by atoms with Crippen molar-refractivity contribution in [3.8, 4) is 0 Å². The van der Waals surface area contributed by atoms with Gasteiger partial charge in [0, 0.05) is 21.6 Å². The Morgan fingerprint density at radius 2 is 2.12 bits per heavy atom. The third-order valence-electron chi connectivity index (χ3n) is 1.97. The van der Waals surface area contributed by atoms with Gasteiger partial charge in [-0.2, -0.15) is 0 Å². The molecule has 0 aliphatic heterocycles. The number of nitrogens with one attached hydrogen (secondary N) is 1. The SMILES string of the molecule is COC(=O)CCNC(=O)c1cc(Cl)cc(Br)c1. The lowest BCUT2D eigenvalue weighted by atomic mass is 10.2. The van der Waals surface area contributed by atoms with E-state index in [-0.39, 0.29) is 24.8 Å². The van der Waals surface area contributed by atoms with E-state index in [0.717, 1.165) is 4.47 Å². The molecule has 0 saturated carbocycles. The summed E-state index contributed by atoms with van der Waals surface area (Å²) in [5, 5.41) is 3.07. The number of halogens is 2. The molecular weight excluding hydrogens is 309 g/mol. The molecule has 4 nitrogen and oxygen atoms in total. The van der Waals surface area contributed by atoms with Crippen LogP contribution in [0.15, 0.2) is 22.7 Å². The molecule has 0 bridgehead atoms. The lowest BCUT2D eigenvalue weighted by Gasteiger charge is -2.05. The van der Waals surface area contributed by atoms with E-state index in [9.17, 15) is 9.59 Å².